The van der Waals surface area contributed by atoms with E-state index in [9.17, 15) is 24.6 Å². The molecule has 0 saturated heterocycles. The van der Waals surface area contributed by atoms with Gasteiger partial charge in [0.15, 0.2) is 46.3 Å². The van der Waals surface area contributed by atoms with Crippen molar-refractivity contribution >= 4 is 29.7 Å². The summed E-state index contributed by atoms with van der Waals surface area (Å²) in [7, 11) is 1.42. The van der Waals surface area contributed by atoms with E-state index in [-0.39, 0.29) is 41.0 Å². The van der Waals surface area contributed by atoms with E-state index in [0.29, 0.717) is 17.5 Å². The second-order valence-electron chi connectivity index (χ2n) is 6.42. The number of carbonyl (C=O) groups excluding carboxylic acids is 3. The highest BCUT2D eigenvalue weighted by Crippen LogP contribution is 2.29. The number of phenols is 2. The molecule has 0 aliphatic rings. The minimum Gasteiger partial charge on any atom is -0.504 e. The van der Waals surface area contributed by atoms with Crippen LogP contribution in [0, 0.1) is 0 Å². The molecule has 0 saturated carbocycles. The molecular weight excluding hydrogens is 400 g/mol. The van der Waals surface area contributed by atoms with Gasteiger partial charge in [0.05, 0.1) is 13.5 Å². The van der Waals surface area contributed by atoms with Crippen molar-refractivity contribution in [1.82, 2.24) is 0 Å². The van der Waals surface area contributed by atoms with Gasteiger partial charge >= 0.3 is 0 Å². The molecule has 0 radical (unpaired) electrons. The molecule has 0 fully saturated rings. The molecule has 0 aliphatic carbocycles. The summed E-state index contributed by atoms with van der Waals surface area (Å²) in [5.74, 6) is 1.07. The average molecular weight is 422 g/mol. The van der Waals surface area contributed by atoms with Crippen LogP contribution in [-0.4, -0.2) is 34.8 Å². The molecule has 2 aromatic carbocycles. The van der Waals surface area contributed by atoms with E-state index in [4.69, 9.17) is 9.47 Å². The zero-order valence-corrected chi connectivity index (χ0v) is 17.1. The van der Waals surface area contributed by atoms with Crippen molar-refractivity contribution in [1.29, 1.82) is 0 Å². The van der Waals surface area contributed by atoms with Crippen molar-refractivity contribution in [2.45, 2.75) is 19.8 Å². The molecule has 0 atom stereocenters. The maximum atomic E-state index is 12.1. The quantitative estimate of drug-likeness (QED) is 0.259. The van der Waals surface area contributed by atoms with Crippen LogP contribution in [0.2, 0.25) is 0 Å². The third kappa shape index (κ3) is 7.03. The van der Waals surface area contributed by atoms with Crippen LogP contribution in [0.15, 0.2) is 54.3 Å². The number of ketones is 2. The number of ether oxygens (including phenoxy) is 2. The van der Waals surface area contributed by atoms with Crippen molar-refractivity contribution in [3.63, 3.8) is 0 Å². The summed E-state index contributed by atoms with van der Waals surface area (Å²) in [6.07, 6.45) is 5.53. The lowest BCUT2D eigenvalue weighted by molar-refractivity contribution is -0.121. The van der Waals surface area contributed by atoms with Gasteiger partial charge in [-0.3, -0.25) is 9.59 Å². The normalized spacial score (nSPS) is 10.8. The monoisotopic (exact) mass is 422 g/mol. The third-order valence-corrected chi connectivity index (χ3v) is 4.13. The zero-order valence-electron chi connectivity index (χ0n) is 17.1. The smallest absolute Gasteiger partial charge is 0.187 e. The van der Waals surface area contributed by atoms with Crippen molar-refractivity contribution < 1.29 is 34.1 Å². The second-order valence-corrected chi connectivity index (χ2v) is 6.42. The molecule has 7 heteroatoms. The molecule has 31 heavy (non-hydrogen) atoms. The first-order chi connectivity index (χ1) is 14.9. The van der Waals surface area contributed by atoms with E-state index < -0.39 is 5.78 Å². The van der Waals surface area contributed by atoms with E-state index in [1.165, 1.54) is 49.6 Å². The highest BCUT2D eigenvalue weighted by Gasteiger charge is 2.08. The molecule has 0 bridgehead atoms. The van der Waals surface area contributed by atoms with E-state index in [0.717, 1.165) is 0 Å². The first-order valence-corrected chi connectivity index (χ1v) is 9.40. The van der Waals surface area contributed by atoms with Gasteiger partial charge in [0.25, 0.3) is 0 Å². The highest BCUT2D eigenvalue weighted by atomic mass is 16.5. The standard InChI is InChI=1S/C24H22O7/c1-3-20(15-25)31-24-13-17(7-11-22(24)29)5-9-19(27)14-18(26)8-4-16-6-10-21(28)23(12-16)30-2/h4-13,28-29H,3,14H2,1-2H3/b8-4+,9-5+. The van der Waals surface area contributed by atoms with E-state index >= 15 is 0 Å². The third-order valence-electron chi connectivity index (χ3n) is 4.13. The molecule has 2 N–H and O–H groups in total. The molecule has 7 nitrogen and oxygen atoms in total. The van der Waals surface area contributed by atoms with Gasteiger partial charge in [-0.05, 0) is 47.5 Å². The topological polar surface area (TPSA) is 110 Å². The molecule has 0 unspecified atom stereocenters. The first kappa shape index (κ1) is 23.2. The number of hydrogen-bond acceptors (Lipinski definition) is 7. The van der Waals surface area contributed by atoms with Gasteiger partial charge in [-0.15, -0.1) is 0 Å². The van der Waals surface area contributed by atoms with Crippen LogP contribution in [0.5, 0.6) is 23.0 Å². The van der Waals surface area contributed by atoms with Crippen LogP contribution in [0.4, 0.5) is 0 Å². The van der Waals surface area contributed by atoms with E-state index in [1.54, 1.807) is 31.1 Å². The molecule has 0 spiro atoms. The minimum atomic E-state index is -0.407. The van der Waals surface area contributed by atoms with Crippen LogP contribution < -0.4 is 9.47 Å². The summed E-state index contributed by atoms with van der Waals surface area (Å²) in [5.41, 5.74) is 1.18. The summed E-state index contributed by atoms with van der Waals surface area (Å²) in [4.78, 5) is 34.9. The van der Waals surface area contributed by atoms with Crippen LogP contribution in [0.1, 0.15) is 30.9 Å². The van der Waals surface area contributed by atoms with Crippen molar-refractivity contribution in [2.24, 2.45) is 0 Å². The lowest BCUT2D eigenvalue weighted by Gasteiger charge is -2.07. The maximum Gasteiger partial charge on any atom is 0.187 e. The highest BCUT2D eigenvalue weighted by molar-refractivity contribution is 6.10. The summed E-state index contributed by atoms with van der Waals surface area (Å²) >= 11 is 0. The average Bonchev–Trinajstić information content (AvgIpc) is 2.77. The number of carbonyl (C=O) groups is 2. The van der Waals surface area contributed by atoms with Gasteiger partial charge in [0.2, 0.25) is 0 Å². The number of phenolic OH excluding ortho intramolecular Hbond substituents is 2. The Labute approximate surface area is 179 Å². The number of methoxy groups -OCH3 is 1. The summed E-state index contributed by atoms with van der Waals surface area (Å²) in [6, 6.07) is 9.01. The Balaban J connectivity index is 2.00. The van der Waals surface area contributed by atoms with Gasteiger partial charge in [-0.2, -0.15) is 0 Å². The SMILES string of the molecule is CCC(=C=O)Oc1cc(/C=C/C(=O)CC(=O)/C=C/c2ccc(O)c(OC)c2)ccc1O. The zero-order chi connectivity index (χ0) is 22.8. The van der Waals surface area contributed by atoms with E-state index in [2.05, 4.69) is 0 Å². The molecule has 160 valence electrons. The summed E-state index contributed by atoms with van der Waals surface area (Å²) < 4.78 is 10.3. The van der Waals surface area contributed by atoms with Crippen LogP contribution >= 0.6 is 0 Å². The minimum absolute atomic E-state index is 0.0119. The summed E-state index contributed by atoms with van der Waals surface area (Å²) in [6.45, 7) is 1.71. The first-order valence-electron chi connectivity index (χ1n) is 9.40. The lowest BCUT2D eigenvalue weighted by Crippen LogP contribution is -2.02. The molecule has 2 aromatic rings. The Bertz CT molecular complexity index is 1070. The van der Waals surface area contributed by atoms with Crippen LogP contribution in [-0.2, 0) is 14.4 Å². The number of allylic oxidation sites excluding steroid dienone is 3. The Morgan fingerprint density at radius 3 is 1.94 bits per heavy atom. The Morgan fingerprint density at radius 2 is 1.45 bits per heavy atom. The Kier molecular flexibility index (Phi) is 8.37. The molecule has 2 rings (SSSR count). The maximum absolute atomic E-state index is 12.1. The second kappa shape index (κ2) is 11.2. The fraction of sp³-hybridized carbons (Fsp3) is 0.167. The van der Waals surface area contributed by atoms with Crippen LogP contribution in [0.3, 0.4) is 0 Å². The van der Waals surface area contributed by atoms with Crippen molar-refractivity contribution in [2.75, 3.05) is 7.11 Å². The number of benzene rings is 2. The van der Waals surface area contributed by atoms with Gasteiger partial charge in [-0.1, -0.05) is 31.2 Å². The van der Waals surface area contributed by atoms with Crippen LogP contribution in [0.25, 0.3) is 12.2 Å². The molecule has 0 heterocycles. The Morgan fingerprint density at radius 1 is 0.935 bits per heavy atom. The van der Waals surface area contributed by atoms with Gasteiger partial charge in [-0.25, -0.2) is 4.79 Å². The predicted molar refractivity (Wildman–Crippen MR) is 116 cm³/mol. The predicted octanol–water partition coefficient (Wildman–Crippen LogP) is 3.87. The fourth-order valence-corrected chi connectivity index (χ4v) is 2.48. The number of hydrogen-bond donors (Lipinski definition) is 2. The molecular formula is C24H22O7. The number of aromatic hydroxyl groups is 2. The van der Waals surface area contributed by atoms with Gasteiger partial charge in [0.1, 0.15) is 0 Å². The molecule has 0 aromatic heterocycles. The fourth-order valence-electron chi connectivity index (χ4n) is 2.48. The van der Waals surface area contributed by atoms with E-state index in [1.807, 2.05) is 0 Å². The summed E-state index contributed by atoms with van der Waals surface area (Å²) in [5, 5.41) is 19.4. The van der Waals surface area contributed by atoms with Crippen molar-refractivity contribution in [3.05, 3.63) is 65.4 Å². The van der Waals surface area contributed by atoms with Crippen molar-refractivity contribution in [3.8, 4) is 23.0 Å². The lowest BCUT2D eigenvalue weighted by atomic mass is 10.1. The molecule has 0 amide bonds. The Hall–Kier alpha value is -4.09. The van der Waals surface area contributed by atoms with Gasteiger partial charge in [0, 0.05) is 6.42 Å². The largest absolute Gasteiger partial charge is 0.504 e. The van der Waals surface area contributed by atoms with Gasteiger partial charge < -0.3 is 19.7 Å². The number of rotatable bonds is 10. The molecule has 0 aliphatic heterocycles.